The van der Waals surface area contributed by atoms with Crippen LogP contribution in [0.15, 0.2) is 94.7 Å². The molecule has 0 fully saturated rings. The van der Waals surface area contributed by atoms with E-state index in [0.717, 1.165) is 48.5 Å². The van der Waals surface area contributed by atoms with Crippen LogP contribution in [0.1, 0.15) is 98.6 Å². The molecule has 0 unspecified atom stereocenters. The van der Waals surface area contributed by atoms with E-state index in [1.54, 1.807) is 0 Å². The lowest BCUT2D eigenvalue weighted by Crippen LogP contribution is -2.46. The number of benzene rings is 2. The minimum absolute atomic E-state index is 0.0316. The molecule has 3 aliphatic rings. The van der Waals surface area contributed by atoms with Crippen LogP contribution in [-0.4, -0.2) is 64.5 Å². The van der Waals surface area contributed by atoms with Crippen molar-refractivity contribution >= 4 is 43.4 Å². The third kappa shape index (κ3) is 8.84. The molecule has 53 heavy (non-hydrogen) atoms. The zero-order valence-electron chi connectivity index (χ0n) is 33.3. The van der Waals surface area contributed by atoms with Gasteiger partial charge < -0.3 is 23.5 Å². The second-order valence-corrected chi connectivity index (χ2v) is 18.1. The Morgan fingerprint density at radius 2 is 1.55 bits per heavy atom. The molecule has 7 nitrogen and oxygen atoms in total. The average molecular weight is 760 g/mol. The predicted molar refractivity (Wildman–Crippen MR) is 221 cm³/mol. The van der Waals surface area contributed by atoms with E-state index in [0.29, 0.717) is 45.4 Å². The molecular weight excluding hydrogens is 698 g/mol. The summed E-state index contributed by atoms with van der Waals surface area (Å²) in [6, 6.07) is 18.0. The number of para-hydroxylation sites is 2. The van der Waals surface area contributed by atoms with Crippen LogP contribution < -0.4 is 10.2 Å². The van der Waals surface area contributed by atoms with Gasteiger partial charge in [0.05, 0.1) is 11.8 Å². The van der Waals surface area contributed by atoms with Crippen molar-refractivity contribution in [3.8, 4) is 0 Å². The van der Waals surface area contributed by atoms with E-state index in [-0.39, 0.29) is 16.7 Å². The zero-order chi connectivity index (χ0) is 38.2. The van der Waals surface area contributed by atoms with Crippen molar-refractivity contribution in [3.05, 3.63) is 106 Å². The van der Waals surface area contributed by atoms with Crippen molar-refractivity contribution in [2.45, 2.75) is 104 Å². The molecule has 9 heteroatoms. The maximum absolute atomic E-state index is 13.2. The Labute approximate surface area is 324 Å². The highest BCUT2D eigenvalue weighted by molar-refractivity contribution is 6.60. The summed E-state index contributed by atoms with van der Waals surface area (Å²) in [7, 11) is -2.73. The fourth-order valence-corrected chi connectivity index (χ4v) is 11.2. The summed E-state index contributed by atoms with van der Waals surface area (Å²) in [4.78, 5) is 15.6. The minimum atomic E-state index is -2.73. The van der Waals surface area contributed by atoms with Gasteiger partial charge in [0.15, 0.2) is 12.3 Å². The van der Waals surface area contributed by atoms with Gasteiger partial charge >= 0.3 is 8.80 Å². The molecular formula is C44H61ClN3O4Si+. The first kappa shape index (κ1) is 40.9. The van der Waals surface area contributed by atoms with Crippen LogP contribution in [0.3, 0.4) is 0 Å². The lowest BCUT2D eigenvalue weighted by molar-refractivity contribution is -0.436. The highest BCUT2D eigenvalue weighted by atomic mass is 35.5. The molecule has 2 aliphatic heterocycles. The van der Waals surface area contributed by atoms with Crippen LogP contribution in [0.25, 0.3) is 0 Å². The Bertz CT molecular complexity index is 1770. The molecule has 0 saturated carbocycles. The van der Waals surface area contributed by atoms with Crippen LogP contribution in [0.5, 0.6) is 0 Å². The van der Waals surface area contributed by atoms with Crippen LogP contribution in [0, 0.1) is 0 Å². The molecule has 2 aromatic carbocycles. The number of fused-ring (bicyclic) bond motifs is 2. The Balaban J connectivity index is 1.33. The summed E-state index contributed by atoms with van der Waals surface area (Å²) in [6.45, 7) is 21.0. The zero-order valence-corrected chi connectivity index (χ0v) is 35.1. The first-order valence-electron chi connectivity index (χ1n) is 19.7. The van der Waals surface area contributed by atoms with E-state index >= 15 is 0 Å². The van der Waals surface area contributed by atoms with E-state index in [1.807, 2.05) is 20.8 Å². The van der Waals surface area contributed by atoms with E-state index < -0.39 is 8.80 Å². The summed E-state index contributed by atoms with van der Waals surface area (Å²) in [5.41, 5.74) is 9.59. The van der Waals surface area contributed by atoms with Crippen LogP contribution in [-0.2, 0) is 28.9 Å². The highest BCUT2D eigenvalue weighted by Gasteiger charge is 2.44. The number of nitrogens with zero attached hydrogens (tertiary/aromatic N) is 2. The molecule has 2 heterocycles. The number of rotatable bonds is 17. The molecule has 1 N–H and O–H groups in total. The number of carbonyl (C=O) groups is 1. The van der Waals surface area contributed by atoms with Crippen LogP contribution in [0.4, 0.5) is 11.4 Å². The van der Waals surface area contributed by atoms with E-state index in [2.05, 4.69) is 122 Å². The number of anilines is 1. The van der Waals surface area contributed by atoms with Crippen molar-refractivity contribution in [1.29, 1.82) is 0 Å². The molecule has 0 aromatic heterocycles. The number of likely N-dealkylation sites (N-methyl/N-ethyl adjacent to an activating group) is 1. The van der Waals surface area contributed by atoms with Gasteiger partial charge in [-0.15, -0.1) is 0 Å². The van der Waals surface area contributed by atoms with Gasteiger partial charge in [0.2, 0.25) is 11.6 Å². The molecule has 0 atom stereocenters. The summed E-state index contributed by atoms with van der Waals surface area (Å²) >= 11 is 7.21. The minimum Gasteiger partial charge on any atom is -0.374 e. The Morgan fingerprint density at radius 1 is 0.887 bits per heavy atom. The molecule has 1 aliphatic carbocycles. The molecule has 0 saturated heterocycles. The molecule has 0 radical (unpaired) electrons. The van der Waals surface area contributed by atoms with Crippen LogP contribution >= 0.6 is 11.6 Å². The van der Waals surface area contributed by atoms with E-state index in [1.165, 1.54) is 33.8 Å². The van der Waals surface area contributed by atoms with Crippen molar-refractivity contribution in [2.75, 3.05) is 44.4 Å². The molecule has 0 bridgehead atoms. The first-order chi connectivity index (χ1) is 25.4. The van der Waals surface area contributed by atoms with Gasteiger partial charge in [0.25, 0.3) is 0 Å². The van der Waals surface area contributed by atoms with E-state index in [4.69, 9.17) is 24.9 Å². The number of hydrogen-bond acceptors (Lipinski definition) is 5. The van der Waals surface area contributed by atoms with Gasteiger partial charge in [-0.1, -0.05) is 74.0 Å². The lowest BCUT2D eigenvalue weighted by Gasteiger charge is -2.28. The second-order valence-electron chi connectivity index (χ2n) is 15.0. The summed E-state index contributed by atoms with van der Waals surface area (Å²) in [5, 5.41) is 3.98. The number of amides is 1. The van der Waals surface area contributed by atoms with Gasteiger partial charge in [0, 0.05) is 78.5 Å². The largest absolute Gasteiger partial charge is 0.500 e. The number of carbonyl (C=O) groups excluding carboxylic acids is 1. The average Bonchev–Trinajstić information content (AvgIpc) is 3.50. The molecule has 286 valence electrons. The molecule has 1 amide bonds. The fraction of sp³-hybridized carbons (Fsp3) is 0.500. The van der Waals surface area contributed by atoms with Gasteiger partial charge in [0.1, 0.15) is 0 Å². The monoisotopic (exact) mass is 758 g/mol. The lowest BCUT2D eigenvalue weighted by atomic mass is 9.81. The van der Waals surface area contributed by atoms with Gasteiger partial charge in [-0.2, -0.15) is 4.58 Å². The van der Waals surface area contributed by atoms with Gasteiger partial charge in [-0.05, 0) is 96.1 Å². The quantitative estimate of drug-likeness (QED) is 0.0989. The van der Waals surface area contributed by atoms with Crippen LogP contribution in [0.2, 0.25) is 6.04 Å². The topological polar surface area (TPSA) is 63.0 Å². The second kappa shape index (κ2) is 17.9. The molecule has 5 rings (SSSR count). The molecule has 0 spiro atoms. The number of hydrogen-bond donors (Lipinski definition) is 1. The maximum atomic E-state index is 13.2. The van der Waals surface area contributed by atoms with Crippen molar-refractivity contribution in [1.82, 2.24) is 5.32 Å². The summed E-state index contributed by atoms with van der Waals surface area (Å²) in [5.74, 6) is 0.0316. The SMILES string of the molecule is CCO[Si](CCCNC(=O)CC[N+]1=C(/C=C/C2=C(Cl)C(=C/C=C3/N(CC)c4ccccc4C3(C)C)/CCC2)C(C)(C)c2ccccc21)(OCC)OCC. The van der Waals surface area contributed by atoms with Crippen molar-refractivity contribution < 1.29 is 22.6 Å². The first-order valence-corrected chi connectivity index (χ1v) is 22.0. The maximum Gasteiger partial charge on any atom is 0.500 e. The Hall–Kier alpha value is -3.27. The fourth-order valence-electron chi connectivity index (χ4n) is 8.27. The number of halogens is 1. The normalized spacial score (nSPS) is 19.5. The highest BCUT2D eigenvalue weighted by Crippen LogP contribution is 2.48. The summed E-state index contributed by atoms with van der Waals surface area (Å²) in [6.07, 6.45) is 13.1. The van der Waals surface area contributed by atoms with Crippen molar-refractivity contribution in [2.24, 2.45) is 0 Å². The van der Waals surface area contributed by atoms with E-state index in [9.17, 15) is 4.79 Å². The molecule has 2 aromatic rings. The Morgan fingerprint density at radius 3 is 2.23 bits per heavy atom. The van der Waals surface area contributed by atoms with Gasteiger partial charge in [-0.3, -0.25) is 4.79 Å². The number of allylic oxidation sites excluding steroid dienone is 8. The third-order valence-electron chi connectivity index (χ3n) is 10.9. The third-order valence-corrected chi connectivity index (χ3v) is 14.5. The summed E-state index contributed by atoms with van der Waals surface area (Å²) < 4.78 is 20.3. The smallest absolute Gasteiger partial charge is 0.374 e. The van der Waals surface area contributed by atoms with Gasteiger partial charge in [-0.25, -0.2) is 0 Å². The standard InChI is InChI=1S/C44H60ClN3O4Si/c1-9-47-37-23-15-13-21-35(37)43(5,6)39(47)27-25-33-19-17-20-34(42(33)45)26-28-40-44(7,8)36-22-14-16-24-38(36)48(40)31-29-41(49)46-30-18-32-53(50-10-2,51-11-3)52-12-4/h13-16,21-28H,9-12,17-20,29-32H2,1-8H3/p+1. The predicted octanol–water partition coefficient (Wildman–Crippen LogP) is 9.87. The Kier molecular flexibility index (Phi) is 13.8. The van der Waals surface area contributed by atoms with Crippen molar-refractivity contribution in [3.63, 3.8) is 0 Å². The number of nitrogens with one attached hydrogen (secondary N) is 1.